The lowest BCUT2D eigenvalue weighted by molar-refractivity contribution is 0.0518. The molecular weight excluding hydrogens is 455 g/mol. The standard InChI is InChI=1S/C25H25FN4O3S/c1-3-33-24(31)21-12-16(2)30(28-21)15-18-13-17(19-6-4-5-7-20(19)26)14-22-23(18)27-25(34-22)29-8-10-32-11-9-29/h4-7,12-14H,3,8-11,15H2,1-2H3. The van der Waals surface area contributed by atoms with E-state index in [1.807, 2.05) is 25.1 Å². The summed E-state index contributed by atoms with van der Waals surface area (Å²) in [6.07, 6.45) is 0. The molecule has 0 radical (unpaired) electrons. The molecule has 0 spiro atoms. The van der Waals surface area contributed by atoms with Crippen LogP contribution in [0.5, 0.6) is 0 Å². The molecule has 1 saturated heterocycles. The molecule has 0 atom stereocenters. The summed E-state index contributed by atoms with van der Waals surface area (Å²) in [5.74, 6) is -0.719. The molecule has 2 aromatic carbocycles. The van der Waals surface area contributed by atoms with E-state index in [1.165, 1.54) is 6.07 Å². The number of carbonyl (C=O) groups excluding carboxylic acids is 1. The van der Waals surface area contributed by atoms with Crippen LogP contribution in [0.4, 0.5) is 9.52 Å². The zero-order valence-corrected chi connectivity index (χ0v) is 19.9. The van der Waals surface area contributed by atoms with Gasteiger partial charge in [0.05, 0.1) is 36.6 Å². The number of benzene rings is 2. The molecule has 0 unspecified atom stereocenters. The maximum atomic E-state index is 14.7. The molecule has 9 heteroatoms. The fourth-order valence-corrected chi connectivity index (χ4v) is 5.19. The van der Waals surface area contributed by atoms with Crippen LogP contribution in [-0.2, 0) is 16.0 Å². The average Bonchev–Trinajstić information content (AvgIpc) is 3.44. The van der Waals surface area contributed by atoms with Crippen molar-refractivity contribution >= 4 is 32.7 Å². The Hall–Kier alpha value is -3.30. The van der Waals surface area contributed by atoms with Crippen molar-refractivity contribution < 1.29 is 18.7 Å². The maximum Gasteiger partial charge on any atom is 0.358 e. The monoisotopic (exact) mass is 480 g/mol. The van der Waals surface area contributed by atoms with Gasteiger partial charge in [-0.2, -0.15) is 5.10 Å². The van der Waals surface area contributed by atoms with E-state index < -0.39 is 5.97 Å². The third-order valence-corrected chi connectivity index (χ3v) is 6.88. The van der Waals surface area contributed by atoms with Gasteiger partial charge < -0.3 is 14.4 Å². The summed E-state index contributed by atoms with van der Waals surface area (Å²) >= 11 is 1.60. The van der Waals surface area contributed by atoms with Crippen LogP contribution in [0.15, 0.2) is 42.5 Å². The molecule has 5 rings (SSSR count). The fourth-order valence-electron chi connectivity index (χ4n) is 4.08. The van der Waals surface area contributed by atoms with E-state index in [9.17, 15) is 9.18 Å². The fraction of sp³-hybridized carbons (Fsp3) is 0.320. The first kappa shape index (κ1) is 22.5. The van der Waals surface area contributed by atoms with Crippen molar-refractivity contribution in [1.82, 2.24) is 14.8 Å². The van der Waals surface area contributed by atoms with Gasteiger partial charge in [0.25, 0.3) is 0 Å². The topological polar surface area (TPSA) is 69.5 Å². The number of aryl methyl sites for hydroxylation is 1. The Balaban J connectivity index is 1.59. The number of nitrogens with zero attached hydrogens (tertiary/aromatic N) is 4. The highest BCUT2D eigenvalue weighted by molar-refractivity contribution is 7.22. The minimum absolute atomic E-state index is 0.271. The van der Waals surface area contributed by atoms with E-state index in [2.05, 4.69) is 10.00 Å². The van der Waals surface area contributed by atoms with E-state index in [0.29, 0.717) is 31.9 Å². The largest absolute Gasteiger partial charge is 0.461 e. The Labute approximate surface area is 200 Å². The number of rotatable bonds is 6. The van der Waals surface area contributed by atoms with Crippen molar-refractivity contribution in [2.24, 2.45) is 0 Å². The normalized spacial score (nSPS) is 14.0. The first-order valence-corrected chi connectivity index (χ1v) is 12.1. The SMILES string of the molecule is CCOC(=O)c1cc(C)n(Cc2cc(-c3ccccc3F)cc3sc(N4CCOCC4)nc23)n1. The number of hydrogen-bond acceptors (Lipinski definition) is 7. The molecule has 2 aromatic heterocycles. The van der Waals surface area contributed by atoms with Gasteiger partial charge in [-0.05, 0) is 43.7 Å². The lowest BCUT2D eigenvalue weighted by Crippen LogP contribution is -2.36. The summed E-state index contributed by atoms with van der Waals surface area (Å²) in [7, 11) is 0. The Morgan fingerprint density at radius 1 is 1.21 bits per heavy atom. The predicted molar refractivity (Wildman–Crippen MR) is 130 cm³/mol. The van der Waals surface area contributed by atoms with Crippen molar-refractivity contribution in [3.8, 4) is 11.1 Å². The summed E-state index contributed by atoms with van der Waals surface area (Å²) < 4.78 is 28.0. The van der Waals surface area contributed by atoms with Crippen LogP contribution in [0.3, 0.4) is 0 Å². The number of esters is 1. The lowest BCUT2D eigenvalue weighted by atomic mass is 10.0. The van der Waals surface area contributed by atoms with Gasteiger partial charge >= 0.3 is 5.97 Å². The van der Waals surface area contributed by atoms with E-state index >= 15 is 0 Å². The van der Waals surface area contributed by atoms with E-state index in [0.717, 1.165) is 45.3 Å². The third kappa shape index (κ3) is 4.41. The second-order valence-corrected chi connectivity index (χ2v) is 9.12. The van der Waals surface area contributed by atoms with Gasteiger partial charge in [0, 0.05) is 29.9 Å². The summed E-state index contributed by atoms with van der Waals surface area (Å²) in [6, 6.07) is 12.4. The highest BCUT2D eigenvalue weighted by atomic mass is 32.1. The second kappa shape index (κ2) is 9.52. The van der Waals surface area contributed by atoms with Gasteiger partial charge in [0.15, 0.2) is 10.8 Å². The summed E-state index contributed by atoms with van der Waals surface area (Å²) in [5, 5.41) is 5.39. The maximum absolute atomic E-state index is 14.7. The smallest absolute Gasteiger partial charge is 0.358 e. The molecule has 1 fully saturated rings. The second-order valence-electron chi connectivity index (χ2n) is 8.11. The summed E-state index contributed by atoms with van der Waals surface area (Å²) in [5.41, 5.74) is 4.20. The van der Waals surface area contributed by atoms with Crippen LogP contribution >= 0.6 is 11.3 Å². The zero-order chi connectivity index (χ0) is 23.7. The van der Waals surface area contributed by atoms with Gasteiger partial charge in [0.2, 0.25) is 0 Å². The van der Waals surface area contributed by atoms with Crippen molar-refractivity contribution in [2.45, 2.75) is 20.4 Å². The number of anilines is 1. The number of carbonyl (C=O) groups is 1. The number of halogens is 1. The summed E-state index contributed by atoms with van der Waals surface area (Å²) in [6.45, 7) is 7.27. The van der Waals surface area contributed by atoms with Gasteiger partial charge in [-0.1, -0.05) is 29.5 Å². The molecule has 176 valence electrons. The molecule has 0 amide bonds. The van der Waals surface area contributed by atoms with Crippen molar-refractivity contribution in [1.29, 1.82) is 0 Å². The molecule has 0 aliphatic carbocycles. The number of thiazole rings is 1. The molecule has 0 N–H and O–H groups in total. The quantitative estimate of drug-likeness (QED) is 0.374. The molecule has 0 bridgehead atoms. The van der Waals surface area contributed by atoms with Crippen molar-refractivity contribution in [2.75, 3.05) is 37.8 Å². The molecule has 34 heavy (non-hydrogen) atoms. The van der Waals surface area contributed by atoms with Crippen LogP contribution in [0, 0.1) is 12.7 Å². The van der Waals surface area contributed by atoms with Crippen LogP contribution < -0.4 is 4.90 Å². The molecule has 7 nitrogen and oxygen atoms in total. The molecule has 3 heterocycles. The highest BCUT2D eigenvalue weighted by Gasteiger charge is 2.20. The number of hydrogen-bond donors (Lipinski definition) is 0. The minimum atomic E-state index is -0.446. The van der Waals surface area contributed by atoms with E-state index in [4.69, 9.17) is 14.5 Å². The van der Waals surface area contributed by atoms with Gasteiger partial charge in [0.1, 0.15) is 5.82 Å². The Kier molecular flexibility index (Phi) is 6.30. The molecule has 4 aromatic rings. The zero-order valence-electron chi connectivity index (χ0n) is 19.1. The Morgan fingerprint density at radius 2 is 2.00 bits per heavy atom. The highest BCUT2D eigenvalue weighted by Crippen LogP contribution is 2.36. The Bertz CT molecular complexity index is 1340. The number of ether oxygens (including phenoxy) is 2. The van der Waals surface area contributed by atoms with Crippen LogP contribution in [0.2, 0.25) is 0 Å². The first-order chi connectivity index (χ1) is 16.5. The van der Waals surface area contributed by atoms with Crippen molar-refractivity contribution in [3.63, 3.8) is 0 Å². The van der Waals surface area contributed by atoms with Gasteiger partial charge in [-0.15, -0.1) is 0 Å². The first-order valence-electron chi connectivity index (χ1n) is 11.3. The third-order valence-electron chi connectivity index (χ3n) is 5.81. The molecule has 0 saturated carbocycles. The summed E-state index contributed by atoms with van der Waals surface area (Å²) in [4.78, 5) is 19.3. The van der Waals surface area contributed by atoms with Crippen molar-refractivity contribution in [3.05, 3.63) is 65.2 Å². The van der Waals surface area contributed by atoms with Gasteiger partial charge in [-0.25, -0.2) is 14.2 Å². The Morgan fingerprint density at radius 3 is 2.76 bits per heavy atom. The van der Waals surface area contributed by atoms with Crippen LogP contribution in [-0.4, -0.2) is 53.6 Å². The van der Waals surface area contributed by atoms with Gasteiger partial charge in [-0.3, -0.25) is 4.68 Å². The van der Waals surface area contributed by atoms with E-state index in [1.54, 1.807) is 41.1 Å². The van der Waals surface area contributed by atoms with Crippen LogP contribution in [0.25, 0.3) is 21.3 Å². The molecular formula is C25H25FN4O3S. The predicted octanol–water partition coefficient (Wildman–Crippen LogP) is 4.67. The number of aromatic nitrogens is 3. The molecule has 1 aliphatic heterocycles. The average molecular weight is 481 g/mol. The minimum Gasteiger partial charge on any atom is -0.461 e. The lowest BCUT2D eigenvalue weighted by Gasteiger charge is -2.25. The number of morpholine rings is 1. The van der Waals surface area contributed by atoms with Crippen LogP contribution in [0.1, 0.15) is 28.7 Å². The van der Waals surface area contributed by atoms with E-state index in [-0.39, 0.29) is 11.5 Å². The molecule has 1 aliphatic rings. The number of fused-ring (bicyclic) bond motifs is 1.